The normalized spacial score (nSPS) is 22.8. The van der Waals surface area contributed by atoms with Crippen LogP contribution in [0.2, 0.25) is 0 Å². The van der Waals surface area contributed by atoms with Gasteiger partial charge in [0.05, 0.1) is 0 Å². The molecule has 19 heavy (non-hydrogen) atoms. The number of rotatable bonds is 3. The van der Waals surface area contributed by atoms with Gasteiger partial charge in [-0.05, 0) is 56.9 Å². The Balaban J connectivity index is 1.87. The summed E-state index contributed by atoms with van der Waals surface area (Å²) in [6.45, 7) is 1.63. The van der Waals surface area contributed by atoms with Gasteiger partial charge in [-0.3, -0.25) is 9.59 Å². The zero-order valence-corrected chi connectivity index (χ0v) is 11.0. The van der Waals surface area contributed by atoms with Crippen molar-refractivity contribution in [3.8, 4) is 0 Å². The molecule has 1 aliphatic carbocycles. The monoisotopic (exact) mass is 263 g/mol. The maximum atomic E-state index is 12.8. The molecule has 0 heterocycles. The number of amides is 1. The van der Waals surface area contributed by atoms with Gasteiger partial charge in [0, 0.05) is 17.5 Å². The van der Waals surface area contributed by atoms with Crippen molar-refractivity contribution in [2.75, 3.05) is 0 Å². The van der Waals surface area contributed by atoms with E-state index in [0.717, 1.165) is 25.7 Å². The molecule has 1 aliphatic rings. The number of halogens is 1. The fourth-order valence-corrected chi connectivity index (χ4v) is 2.51. The van der Waals surface area contributed by atoms with Crippen LogP contribution in [0.5, 0.6) is 0 Å². The Morgan fingerprint density at radius 2 is 1.68 bits per heavy atom. The first-order valence-electron chi connectivity index (χ1n) is 6.63. The Kier molecular flexibility index (Phi) is 4.30. The molecule has 102 valence electrons. The van der Waals surface area contributed by atoms with Crippen LogP contribution in [-0.2, 0) is 4.79 Å². The minimum atomic E-state index is -0.349. The summed E-state index contributed by atoms with van der Waals surface area (Å²) in [5.41, 5.74) is 0.468. The highest BCUT2D eigenvalue weighted by Gasteiger charge is 2.25. The van der Waals surface area contributed by atoms with E-state index in [9.17, 15) is 14.0 Å². The van der Waals surface area contributed by atoms with Crippen molar-refractivity contribution in [1.29, 1.82) is 0 Å². The lowest BCUT2D eigenvalue weighted by atomic mass is 9.84. The molecule has 1 N–H and O–H groups in total. The van der Waals surface area contributed by atoms with Gasteiger partial charge in [-0.25, -0.2) is 4.39 Å². The molecule has 0 saturated heterocycles. The van der Waals surface area contributed by atoms with Crippen LogP contribution in [0.15, 0.2) is 24.3 Å². The average molecular weight is 263 g/mol. The number of hydrogen-bond donors (Lipinski definition) is 1. The standard InChI is InChI=1S/C15H18FNO2/c1-10(18)11-4-8-14(9-5-11)17-15(19)12-2-6-13(16)7-3-12/h2-3,6-7,11,14H,4-5,8-9H2,1H3,(H,17,19). The van der Waals surface area contributed by atoms with Gasteiger partial charge in [0.1, 0.15) is 11.6 Å². The fourth-order valence-electron chi connectivity index (χ4n) is 2.51. The van der Waals surface area contributed by atoms with Crippen molar-refractivity contribution < 1.29 is 14.0 Å². The Morgan fingerprint density at radius 1 is 1.11 bits per heavy atom. The van der Waals surface area contributed by atoms with Gasteiger partial charge in [0.15, 0.2) is 0 Å². The first-order chi connectivity index (χ1) is 9.06. The minimum Gasteiger partial charge on any atom is -0.349 e. The third-order valence-electron chi connectivity index (χ3n) is 3.74. The summed E-state index contributed by atoms with van der Waals surface area (Å²) in [7, 11) is 0. The highest BCUT2D eigenvalue weighted by Crippen LogP contribution is 2.25. The SMILES string of the molecule is CC(=O)C1CCC(NC(=O)c2ccc(F)cc2)CC1. The Bertz CT molecular complexity index is 462. The molecule has 0 radical (unpaired) electrons. The van der Waals surface area contributed by atoms with Gasteiger partial charge in [0.25, 0.3) is 5.91 Å². The van der Waals surface area contributed by atoms with Crippen molar-refractivity contribution in [3.63, 3.8) is 0 Å². The Labute approximate surface area is 112 Å². The van der Waals surface area contributed by atoms with Crippen LogP contribution in [-0.4, -0.2) is 17.7 Å². The number of carbonyl (C=O) groups is 2. The summed E-state index contributed by atoms with van der Waals surface area (Å²) in [6, 6.07) is 5.63. The van der Waals surface area contributed by atoms with Crippen LogP contribution in [0.25, 0.3) is 0 Å². The van der Waals surface area contributed by atoms with Crippen LogP contribution in [0, 0.1) is 11.7 Å². The summed E-state index contributed by atoms with van der Waals surface area (Å²) in [6.07, 6.45) is 3.34. The molecular weight excluding hydrogens is 245 g/mol. The average Bonchev–Trinajstić information content (AvgIpc) is 2.40. The van der Waals surface area contributed by atoms with Gasteiger partial charge in [0.2, 0.25) is 0 Å². The summed E-state index contributed by atoms with van der Waals surface area (Å²) in [4.78, 5) is 23.2. The molecule has 1 fully saturated rings. The van der Waals surface area contributed by atoms with Crippen LogP contribution in [0.1, 0.15) is 43.0 Å². The number of Topliss-reactive ketones (excluding diaryl/α,β-unsaturated/α-hetero) is 1. The second-order valence-electron chi connectivity index (χ2n) is 5.14. The summed E-state index contributed by atoms with van der Waals surface area (Å²) >= 11 is 0. The smallest absolute Gasteiger partial charge is 0.251 e. The number of carbonyl (C=O) groups excluding carboxylic acids is 2. The second-order valence-corrected chi connectivity index (χ2v) is 5.14. The molecule has 0 aromatic heterocycles. The molecule has 0 atom stereocenters. The van der Waals surface area contributed by atoms with E-state index in [1.807, 2.05) is 0 Å². The number of benzene rings is 1. The van der Waals surface area contributed by atoms with Gasteiger partial charge < -0.3 is 5.32 Å². The predicted molar refractivity (Wildman–Crippen MR) is 70.3 cm³/mol. The first kappa shape index (κ1) is 13.7. The molecule has 0 unspecified atom stereocenters. The molecule has 0 spiro atoms. The molecule has 1 saturated carbocycles. The zero-order chi connectivity index (χ0) is 13.8. The first-order valence-corrected chi connectivity index (χ1v) is 6.63. The lowest BCUT2D eigenvalue weighted by Crippen LogP contribution is -2.38. The topological polar surface area (TPSA) is 46.2 Å². The van der Waals surface area contributed by atoms with E-state index in [1.54, 1.807) is 6.92 Å². The molecule has 0 aliphatic heterocycles. The number of nitrogens with one attached hydrogen (secondary N) is 1. The van der Waals surface area contributed by atoms with E-state index in [4.69, 9.17) is 0 Å². The van der Waals surface area contributed by atoms with Crippen LogP contribution >= 0.6 is 0 Å². The Morgan fingerprint density at radius 3 is 2.21 bits per heavy atom. The van der Waals surface area contributed by atoms with Crippen molar-refractivity contribution in [2.24, 2.45) is 5.92 Å². The van der Waals surface area contributed by atoms with Crippen molar-refractivity contribution in [1.82, 2.24) is 5.32 Å². The fraction of sp³-hybridized carbons (Fsp3) is 0.467. The number of hydrogen-bond acceptors (Lipinski definition) is 2. The molecule has 1 aromatic rings. The zero-order valence-electron chi connectivity index (χ0n) is 11.0. The maximum absolute atomic E-state index is 12.8. The van der Waals surface area contributed by atoms with Crippen LogP contribution in [0.3, 0.4) is 0 Å². The molecule has 1 amide bonds. The number of ketones is 1. The van der Waals surface area contributed by atoms with Crippen LogP contribution < -0.4 is 5.32 Å². The molecule has 0 bridgehead atoms. The highest BCUT2D eigenvalue weighted by atomic mass is 19.1. The third kappa shape index (κ3) is 3.63. The lowest BCUT2D eigenvalue weighted by molar-refractivity contribution is -0.121. The van der Waals surface area contributed by atoms with Crippen molar-refractivity contribution >= 4 is 11.7 Å². The molecular formula is C15H18FNO2. The minimum absolute atomic E-state index is 0.119. The second kappa shape index (κ2) is 5.95. The lowest BCUT2D eigenvalue weighted by Gasteiger charge is -2.27. The van der Waals surface area contributed by atoms with Gasteiger partial charge in [-0.15, -0.1) is 0 Å². The van der Waals surface area contributed by atoms with E-state index in [0.29, 0.717) is 5.56 Å². The Hall–Kier alpha value is -1.71. The largest absolute Gasteiger partial charge is 0.349 e. The maximum Gasteiger partial charge on any atom is 0.251 e. The van der Waals surface area contributed by atoms with E-state index >= 15 is 0 Å². The summed E-state index contributed by atoms with van der Waals surface area (Å²) < 4.78 is 12.8. The molecule has 2 rings (SSSR count). The van der Waals surface area contributed by atoms with Crippen LogP contribution in [0.4, 0.5) is 4.39 Å². The molecule has 1 aromatic carbocycles. The van der Waals surface area contributed by atoms with E-state index in [1.165, 1.54) is 24.3 Å². The molecule has 4 heteroatoms. The third-order valence-corrected chi connectivity index (χ3v) is 3.74. The van der Waals surface area contributed by atoms with Crippen molar-refractivity contribution in [2.45, 2.75) is 38.6 Å². The van der Waals surface area contributed by atoms with E-state index in [2.05, 4.69) is 5.32 Å². The van der Waals surface area contributed by atoms with Gasteiger partial charge in [-0.2, -0.15) is 0 Å². The van der Waals surface area contributed by atoms with Gasteiger partial charge in [-0.1, -0.05) is 0 Å². The van der Waals surface area contributed by atoms with Crippen molar-refractivity contribution in [3.05, 3.63) is 35.6 Å². The summed E-state index contributed by atoms with van der Waals surface area (Å²) in [5, 5.41) is 2.94. The van der Waals surface area contributed by atoms with E-state index < -0.39 is 0 Å². The highest BCUT2D eigenvalue weighted by molar-refractivity contribution is 5.94. The predicted octanol–water partition coefficient (Wildman–Crippen LogP) is 2.70. The summed E-state index contributed by atoms with van der Waals surface area (Å²) in [5.74, 6) is -0.132. The van der Waals surface area contributed by atoms with E-state index in [-0.39, 0.29) is 29.5 Å². The quantitative estimate of drug-likeness (QED) is 0.911. The molecule has 3 nitrogen and oxygen atoms in total. The van der Waals surface area contributed by atoms with Gasteiger partial charge >= 0.3 is 0 Å².